The molecule has 1 fully saturated rings. The van der Waals surface area contributed by atoms with Gasteiger partial charge in [0, 0.05) is 44.8 Å². The predicted molar refractivity (Wildman–Crippen MR) is 80.3 cm³/mol. The van der Waals surface area contributed by atoms with E-state index in [1.54, 1.807) is 18.5 Å². The largest absolute Gasteiger partial charge is 0.417 e. The van der Waals surface area contributed by atoms with Crippen LogP contribution in [0.3, 0.4) is 0 Å². The number of alkyl halides is 3. The van der Waals surface area contributed by atoms with Gasteiger partial charge in [-0.3, -0.25) is 0 Å². The van der Waals surface area contributed by atoms with Gasteiger partial charge in [-0.25, -0.2) is 15.0 Å². The summed E-state index contributed by atoms with van der Waals surface area (Å²) < 4.78 is 37.8. The lowest BCUT2D eigenvalue weighted by Crippen LogP contribution is -2.32. The fourth-order valence-electron chi connectivity index (χ4n) is 2.54. The van der Waals surface area contributed by atoms with E-state index in [1.807, 2.05) is 4.90 Å². The molecule has 0 aromatic carbocycles. The van der Waals surface area contributed by atoms with Gasteiger partial charge in [-0.2, -0.15) is 13.2 Å². The number of hydrogen-bond acceptors (Lipinski definition) is 5. The number of nitrogens with zero attached hydrogens (tertiary/aromatic N) is 5. The first-order valence-corrected chi connectivity index (χ1v) is 7.34. The van der Waals surface area contributed by atoms with Crippen LogP contribution in [0.2, 0.25) is 0 Å². The molecule has 0 atom stereocenters. The van der Waals surface area contributed by atoms with Crippen LogP contribution in [-0.4, -0.2) is 41.1 Å². The summed E-state index contributed by atoms with van der Waals surface area (Å²) in [6.45, 7) is 2.91. The van der Waals surface area contributed by atoms with E-state index >= 15 is 0 Å². The quantitative estimate of drug-likeness (QED) is 0.850. The van der Waals surface area contributed by atoms with E-state index in [0.29, 0.717) is 24.9 Å². The Bertz CT molecular complexity index is 630. The first-order valence-electron chi connectivity index (χ1n) is 7.34. The average Bonchev–Trinajstić information content (AvgIpc) is 2.81. The molecule has 0 unspecified atom stereocenters. The van der Waals surface area contributed by atoms with Crippen molar-refractivity contribution in [2.45, 2.75) is 12.6 Å². The monoisotopic (exact) mass is 323 g/mol. The van der Waals surface area contributed by atoms with Crippen molar-refractivity contribution in [3.8, 4) is 0 Å². The Kier molecular flexibility index (Phi) is 4.31. The van der Waals surface area contributed by atoms with Crippen LogP contribution in [0, 0.1) is 0 Å². The summed E-state index contributed by atoms with van der Waals surface area (Å²) in [5, 5.41) is 0. The molecule has 122 valence electrons. The lowest BCUT2D eigenvalue weighted by atomic mass is 10.2. The number of rotatable bonds is 2. The molecule has 1 aliphatic heterocycles. The van der Waals surface area contributed by atoms with Gasteiger partial charge in [0.05, 0.1) is 5.56 Å². The van der Waals surface area contributed by atoms with Gasteiger partial charge in [0.1, 0.15) is 5.82 Å². The van der Waals surface area contributed by atoms with Gasteiger partial charge in [-0.05, 0) is 24.6 Å². The molecule has 0 radical (unpaired) electrons. The number of anilines is 2. The SMILES string of the molecule is FC(F)(F)c1ccc(N2CCCN(c3ncccn3)CC2)nc1. The molecule has 1 aliphatic rings. The first-order chi connectivity index (χ1) is 11.0. The molecule has 0 spiro atoms. The van der Waals surface area contributed by atoms with Crippen LogP contribution in [0.4, 0.5) is 24.9 Å². The summed E-state index contributed by atoms with van der Waals surface area (Å²) in [6.07, 6.45) is 0.788. The molecule has 2 aromatic heterocycles. The van der Waals surface area contributed by atoms with Crippen LogP contribution in [0.15, 0.2) is 36.8 Å². The second-order valence-electron chi connectivity index (χ2n) is 5.28. The van der Waals surface area contributed by atoms with Crippen molar-refractivity contribution >= 4 is 11.8 Å². The molecule has 0 N–H and O–H groups in total. The van der Waals surface area contributed by atoms with E-state index in [4.69, 9.17) is 0 Å². The van der Waals surface area contributed by atoms with Gasteiger partial charge >= 0.3 is 6.18 Å². The molecule has 2 aromatic rings. The molecule has 8 heteroatoms. The summed E-state index contributed by atoms with van der Waals surface area (Å²) in [6, 6.07) is 4.27. The molecular formula is C15H16F3N5. The summed E-state index contributed by atoms with van der Waals surface area (Å²) in [7, 11) is 0. The van der Waals surface area contributed by atoms with Crippen molar-refractivity contribution < 1.29 is 13.2 Å². The molecule has 0 amide bonds. The van der Waals surface area contributed by atoms with Gasteiger partial charge < -0.3 is 9.80 Å². The van der Waals surface area contributed by atoms with Crippen molar-refractivity contribution in [3.05, 3.63) is 42.4 Å². The highest BCUT2D eigenvalue weighted by atomic mass is 19.4. The van der Waals surface area contributed by atoms with Crippen molar-refractivity contribution in [2.24, 2.45) is 0 Å². The van der Waals surface area contributed by atoms with Gasteiger partial charge in [0.15, 0.2) is 0 Å². The second kappa shape index (κ2) is 6.39. The maximum Gasteiger partial charge on any atom is 0.417 e. The summed E-state index contributed by atoms with van der Waals surface area (Å²) >= 11 is 0. The standard InChI is InChI=1S/C15H16F3N5/c16-15(17,18)12-3-4-13(21-11-12)22-7-2-8-23(10-9-22)14-19-5-1-6-20-14/h1,3-6,11H,2,7-10H2. The molecule has 3 heterocycles. The van der Waals surface area contributed by atoms with Crippen molar-refractivity contribution in [1.29, 1.82) is 0 Å². The van der Waals surface area contributed by atoms with Gasteiger partial charge in [-0.1, -0.05) is 0 Å². The van der Waals surface area contributed by atoms with Crippen LogP contribution in [0.25, 0.3) is 0 Å². The minimum absolute atomic E-state index is 0.564. The van der Waals surface area contributed by atoms with Crippen molar-refractivity contribution in [3.63, 3.8) is 0 Å². The predicted octanol–water partition coefficient (Wildman–Crippen LogP) is 2.61. The lowest BCUT2D eigenvalue weighted by Gasteiger charge is -2.23. The van der Waals surface area contributed by atoms with Crippen LogP contribution in [0.5, 0.6) is 0 Å². The average molecular weight is 323 g/mol. The lowest BCUT2D eigenvalue weighted by molar-refractivity contribution is -0.137. The molecule has 3 rings (SSSR count). The first kappa shape index (κ1) is 15.5. The third kappa shape index (κ3) is 3.69. The highest BCUT2D eigenvalue weighted by molar-refractivity contribution is 5.41. The fraction of sp³-hybridized carbons (Fsp3) is 0.400. The number of hydrogen-bond donors (Lipinski definition) is 0. The van der Waals surface area contributed by atoms with Gasteiger partial charge in [0.2, 0.25) is 5.95 Å². The third-order valence-electron chi connectivity index (χ3n) is 3.73. The van der Waals surface area contributed by atoms with Crippen molar-refractivity contribution in [2.75, 3.05) is 36.0 Å². The Morgan fingerprint density at radius 1 is 0.870 bits per heavy atom. The van der Waals surface area contributed by atoms with Crippen LogP contribution in [-0.2, 0) is 6.18 Å². The number of aromatic nitrogens is 3. The molecule has 5 nitrogen and oxygen atoms in total. The number of halogens is 3. The molecular weight excluding hydrogens is 307 g/mol. The fourth-order valence-corrected chi connectivity index (χ4v) is 2.54. The normalized spacial score (nSPS) is 16.3. The zero-order chi connectivity index (χ0) is 16.3. The van der Waals surface area contributed by atoms with Crippen LogP contribution < -0.4 is 9.80 Å². The summed E-state index contributed by atoms with van der Waals surface area (Å²) in [4.78, 5) is 16.5. The van der Waals surface area contributed by atoms with Crippen LogP contribution in [0.1, 0.15) is 12.0 Å². The summed E-state index contributed by atoms with van der Waals surface area (Å²) in [5.74, 6) is 1.24. The maximum absolute atomic E-state index is 12.6. The highest BCUT2D eigenvalue weighted by Crippen LogP contribution is 2.29. The minimum Gasteiger partial charge on any atom is -0.355 e. The Balaban J connectivity index is 1.68. The van der Waals surface area contributed by atoms with Crippen molar-refractivity contribution in [1.82, 2.24) is 15.0 Å². The molecule has 0 aliphatic carbocycles. The molecule has 1 saturated heterocycles. The maximum atomic E-state index is 12.6. The molecule has 0 saturated carbocycles. The third-order valence-corrected chi connectivity index (χ3v) is 3.73. The molecule has 23 heavy (non-hydrogen) atoms. The zero-order valence-electron chi connectivity index (χ0n) is 12.4. The topological polar surface area (TPSA) is 45.2 Å². The highest BCUT2D eigenvalue weighted by Gasteiger charge is 2.31. The minimum atomic E-state index is -4.36. The van der Waals surface area contributed by atoms with E-state index in [2.05, 4.69) is 19.9 Å². The Morgan fingerprint density at radius 2 is 1.57 bits per heavy atom. The van der Waals surface area contributed by atoms with Gasteiger partial charge in [-0.15, -0.1) is 0 Å². The van der Waals surface area contributed by atoms with E-state index in [0.717, 1.165) is 31.8 Å². The number of pyridine rings is 1. The van der Waals surface area contributed by atoms with Gasteiger partial charge in [0.25, 0.3) is 0 Å². The molecule has 0 bridgehead atoms. The van der Waals surface area contributed by atoms with E-state index < -0.39 is 11.7 Å². The Hall–Kier alpha value is -2.38. The van der Waals surface area contributed by atoms with E-state index in [9.17, 15) is 13.2 Å². The van der Waals surface area contributed by atoms with E-state index in [-0.39, 0.29) is 0 Å². The zero-order valence-corrected chi connectivity index (χ0v) is 12.4. The van der Waals surface area contributed by atoms with E-state index in [1.165, 1.54) is 6.07 Å². The summed E-state index contributed by atoms with van der Waals surface area (Å²) in [5.41, 5.74) is -0.726. The smallest absolute Gasteiger partial charge is 0.355 e. The second-order valence-corrected chi connectivity index (χ2v) is 5.28. The Labute approximate surface area is 131 Å². The van der Waals surface area contributed by atoms with Crippen LogP contribution >= 0.6 is 0 Å². The Morgan fingerprint density at radius 3 is 2.22 bits per heavy atom.